The zero-order chi connectivity index (χ0) is 8.41. The summed E-state index contributed by atoms with van der Waals surface area (Å²) in [6.45, 7) is 4.13. The summed E-state index contributed by atoms with van der Waals surface area (Å²) >= 11 is 3.06. The fourth-order valence-electron chi connectivity index (χ4n) is 0.158. The van der Waals surface area contributed by atoms with E-state index in [0.29, 0.717) is 11.9 Å². The molecule has 0 bridgehead atoms. The van der Waals surface area contributed by atoms with E-state index in [4.69, 9.17) is 10.2 Å². The van der Waals surface area contributed by atoms with Crippen LogP contribution in [0.4, 0.5) is 0 Å². The van der Waals surface area contributed by atoms with Crippen LogP contribution in [0.3, 0.4) is 0 Å². The van der Waals surface area contributed by atoms with Crippen LogP contribution >= 0.6 is 15.9 Å². The number of hydrogen-bond donors (Lipinski definition) is 2. The molecule has 0 aromatic heterocycles. The molecular formula is C7H17BrO2. The van der Waals surface area contributed by atoms with Crippen molar-refractivity contribution >= 4 is 15.9 Å². The van der Waals surface area contributed by atoms with Crippen molar-refractivity contribution in [3.8, 4) is 0 Å². The lowest BCUT2D eigenvalue weighted by atomic mass is 10.4. The first kappa shape index (κ1) is 13.0. The van der Waals surface area contributed by atoms with Crippen LogP contribution in [0, 0.1) is 0 Å². The molecule has 0 radical (unpaired) electrons. The van der Waals surface area contributed by atoms with Crippen LogP contribution in [-0.4, -0.2) is 28.3 Å². The third kappa shape index (κ3) is 23.8. The number of halogens is 1. The highest BCUT2D eigenvalue weighted by atomic mass is 79.9. The summed E-state index contributed by atoms with van der Waals surface area (Å²) in [5, 5.41) is 17.1. The molecule has 1 unspecified atom stereocenters. The van der Waals surface area contributed by atoms with Crippen LogP contribution in [-0.2, 0) is 0 Å². The van der Waals surface area contributed by atoms with Gasteiger partial charge in [-0.15, -0.1) is 0 Å². The van der Waals surface area contributed by atoms with Crippen molar-refractivity contribution in [2.24, 2.45) is 0 Å². The van der Waals surface area contributed by atoms with E-state index >= 15 is 0 Å². The SMILES string of the molecule is CC(O)CBr.CCCCO. The van der Waals surface area contributed by atoms with Gasteiger partial charge in [0.05, 0.1) is 6.10 Å². The topological polar surface area (TPSA) is 40.5 Å². The van der Waals surface area contributed by atoms with Crippen molar-refractivity contribution in [1.82, 2.24) is 0 Å². The van der Waals surface area contributed by atoms with Gasteiger partial charge in [-0.25, -0.2) is 0 Å². The van der Waals surface area contributed by atoms with Gasteiger partial charge >= 0.3 is 0 Å². The predicted octanol–water partition coefficient (Wildman–Crippen LogP) is 1.54. The average Bonchev–Trinajstić information content (AvgIpc) is 1.91. The zero-order valence-electron chi connectivity index (χ0n) is 6.68. The zero-order valence-corrected chi connectivity index (χ0v) is 8.26. The molecule has 0 aromatic carbocycles. The molecule has 0 aliphatic rings. The molecule has 0 rings (SSSR count). The second-order valence-corrected chi connectivity index (χ2v) is 2.73. The van der Waals surface area contributed by atoms with Crippen molar-refractivity contribution in [2.75, 3.05) is 11.9 Å². The highest BCUT2D eigenvalue weighted by molar-refractivity contribution is 9.09. The molecular weight excluding hydrogens is 196 g/mol. The number of rotatable bonds is 3. The summed E-state index contributed by atoms with van der Waals surface area (Å²) in [4.78, 5) is 0. The van der Waals surface area contributed by atoms with Crippen molar-refractivity contribution in [2.45, 2.75) is 32.8 Å². The summed E-state index contributed by atoms with van der Waals surface area (Å²) in [5.74, 6) is 0. The van der Waals surface area contributed by atoms with Crippen LogP contribution in [0.5, 0.6) is 0 Å². The lowest BCUT2D eigenvalue weighted by Crippen LogP contribution is -1.97. The maximum atomic E-state index is 8.31. The fraction of sp³-hybridized carbons (Fsp3) is 1.00. The Morgan fingerprint density at radius 2 is 1.90 bits per heavy atom. The maximum Gasteiger partial charge on any atom is 0.0608 e. The number of aliphatic hydroxyl groups excluding tert-OH is 2. The van der Waals surface area contributed by atoms with Gasteiger partial charge in [0.1, 0.15) is 0 Å². The van der Waals surface area contributed by atoms with Gasteiger partial charge in [0.15, 0.2) is 0 Å². The molecule has 0 amide bonds. The van der Waals surface area contributed by atoms with Gasteiger partial charge in [0.25, 0.3) is 0 Å². The van der Waals surface area contributed by atoms with E-state index in [0.717, 1.165) is 12.8 Å². The van der Waals surface area contributed by atoms with E-state index in [1.165, 1.54) is 0 Å². The quantitative estimate of drug-likeness (QED) is 0.698. The van der Waals surface area contributed by atoms with Crippen molar-refractivity contribution in [1.29, 1.82) is 0 Å². The second kappa shape index (κ2) is 12.1. The standard InChI is InChI=1S/C4H10O.C3H7BrO/c1-2-3-4-5;1-3(5)2-4/h5H,2-4H2,1H3;3,5H,2H2,1H3. The molecule has 10 heavy (non-hydrogen) atoms. The van der Waals surface area contributed by atoms with Crippen LogP contribution in [0.2, 0.25) is 0 Å². The van der Waals surface area contributed by atoms with Crippen LogP contribution in [0.25, 0.3) is 0 Å². The van der Waals surface area contributed by atoms with Gasteiger partial charge in [0, 0.05) is 11.9 Å². The van der Waals surface area contributed by atoms with Gasteiger partial charge in [-0.2, -0.15) is 0 Å². The first-order chi connectivity index (χ1) is 4.68. The molecule has 0 saturated carbocycles. The highest BCUT2D eigenvalue weighted by Crippen LogP contribution is 1.84. The van der Waals surface area contributed by atoms with E-state index in [9.17, 15) is 0 Å². The first-order valence-electron chi connectivity index (χ1n) is 3.53. The lowest BCUT2D eigenvalue weighted by Gasteiger charge is -1.89. The van der Waals surface area contributed by atoms with Crippen LogP contribution in [0.15, 0.2) is 0 Å². The van der Waals surface area contributed by atoms with Gasteiger partial charge in [-0.1, -0.05) is 29.3 Å². The predicted molar refractivity (Wildman–Crippen MR) is 47.5 cm³/mol. The summed E-state index contributed by atoms with van der Waals surface area (Å²) in [5.41, 5.74) is 0. The second-order valence-electron chi connectivity index (χ2n) is 2.08. The average molecular weight is 213 g/mol. The molecule has 64 valence electrons. The third-order valence-electron chi connectivity index (χ3n) is 0.735. The molecule has 2 N–H and O–H groups in total. The van der Waals surface area contributed by atoms with E-state index in [1.54, 1.807) is 6.92 Å². The maximum absolute atomic E-state index is 8.31. The van der Waals surface area contributed by atoms with E-state index in [-0.39, 0.29) is 6.10 Å². The van der Waals surface area contributed by atoms with Crippen molar-refractivity contribution < 1.29 is 10.2 Å². The molecule has 0 aromatic rings. The van der Waals surface area contributed by atoms with Crippen LogP contribution < -0.4 is 0 Å². The van der Waals surface area contributed by atoms with E-state index in [2.05, 4.69) is 22.9 Å². The minimum absolute atomic E-state index is 0.199. The van der Waals surface area contributed by atoms with Crippen molar-refractivity contribution in [3.63, 3.8) is 0 Å². The molecule has 0 aliphatic heterocycles. The van der Waals surface area contributed by atoms with Gasteiger partial charge in [0.2, 0.25) is 0 Å². The van der Waals surface area contributed by atoms with Gasteiger partial charge in [-0.05, 0) is 13.3 Å². The molecule has 0 aliphatic carbocycles. The number of hydrogen-bond acceptors (Lipinski definition) is 2. The Labute approximate surface area is 71.4 Å². The largest absolute Gasteiger partial charge is 0.396 e. The Balaban J connectivity index is 0. The Kier molecular flexibility index (Phi) is 15.8. The first-order valence-corrected chi connectivity index (χ1v) is 4.66. The highest BCUT2D eigenvalue weighted by Gasteiger charge is 1.83. The number of aliphatic hydroxyl groups is 2. The minimum atomic E-state index is -0.199. The monoisotopic (exact) mass is 212 g/mol. The lowest BCUT2D eigenvalue weighted by molar-refractivity contribution is 0.222. The molecule has 1 atom stereocenters. The van der Waals surface area contributed by atoms with Crippen molar-refractivity contribution in [3.05, 3.63) is 0 Å². The molecule has 0 saturated heterocycles. The normalized spacial score (nSPS) is 11.7. The summed E-state index contributed by atoms with van der Waals surface area (Å²) in [7, 11) is 0. The molecule has 0 fully saturated rings. The van der Waals surface area contributed by atoms with Gasteiger partial charge < -0.3 is 10.2 Å². The summed E-state index contributed by atoms with van der Waals surface area (Å²) in [6.07, 6.45) is 1.84. The van der Waals surface area contributed by atoms with E-state index < -0.39 is 0 Å². The number of alkyl halides is 1. The fourth-order valence-corrected chi connectivity index (χ4v) is 0.158. The molecule has 3 heteroatoms. The van der Waals surface area contributed by atoms with E-state index in [1.807, 2.05) is 0 Å². The Hall–Kier alpha value is 0.400. The summed E-state index contributed by atoms with van der Waals surface area (Å²) < 4.78 is 0. The summed E-state index contributed by atoms with van der Waals surface area (Å²) in [6, 6.07) is 0. The minimum Gasteiger partial charge on any atom is -0.396 e. The molecule has 2 nitrogen and oxygen atoms in total. The molecule has 0 heterocycles. The smallest absolute Gasteiger partial charge is 0.0608 e. The number of unbranched alkanes of at least 4 members (excludes halogenated alkanes) is 1. The Bertz CT molecular complexity index is 46.9. The Morgan fingerprint density at radius 3 is 1.90 bits per heavy atom. The van der Waals surface area contributed by atoms with Gasteiger partial charge in [-0.3, -0.25) is 0 Å². The third-order valence-corrected chi connectivity index (χ3v) is 1.67. The van der Waals surface area contributed by atoms with Crippen LogP contribution in [0.1, 0.15) is 26.7 Å². The Morgan fingerprint density at radius 1 is 1.50 bits per heavy atom. The molecule has 0 spiro atoms.